The highest BCUT2D eigenvalue weighted by molar-refractivity contribution is 5.94. The van der Waals surface area contributed by atoms with E-state index in [-0.39, 0.29) is 24.4 Å². The van der Waals surface area contributed by atoms with Crippen LogP contribution in [-0.2, 0) is 4.74 Å². The second-order valence-electron chi connectivity index (χ2n) is 6.35. The topological polar surface area (TPSA) is 86.3 Å². The average molecular weight is 380 g/mol. The molecule has 8 heteroatoms. The Labute approximate surface area is 159 Å². The Morgan fingerprint density at radius 2 is 2.12 bits per heavy atom. The molecule has 0 spiro atoms. The minimum atomic E-state index is 0. The van der Waals surface area contributed by atoms with Gasteiger partial charge >= 0.3 is 0 Å². The minimum Gasteiger partial charge on any atom is -0.378 e. The van der Waals surface area contributed by atoms with E-state index in [0.717, 1.165) is 43.6 Å². The third-order valence-corrected chi connectivity index (χ3v) is 4.54. The molecule has 0 saturated carbocycles. The molecule has 0 aliphatic carbocycles. The Morgan fingerprint density at radius 3 is 2.73 bits per heavy atom. The molecule has 3 rings (SSSR count). The van der Waals surface area contributed by atoms with Crippen molar-refractivity contribution in [2.75, 3.05) is 26.2 Å². The molecule has 1 saturated heterocycles. The van der Waals surface area contributed by atoms with Crippen LogP contribution in [0.4, 0.5) is 0 Å². The first-order valence-corrected chi connectivity index (χ1v) is 8.75. The summed E-state index contributed by atoms with van der Waals surface area (Å²) in [4.78, 5) is 18.6. The number of amides is 1. The smallest absolute Gasteiger partial charge is 0.253 e. The van der Waals surface area contributed by atoms with Crippen LogP contribution in [0.5, 0.6) is 0 Å². The Balaban J connectivity index is 0.00000243. The molecule has 2 heterocycles. The van der Waals surface area contributed by atoms with Crippen molar-refractivity contribution in [3.8, 4) is 5.69 Å². The molecular weight excluding hydrogens is 354 g/mol. The molecule has 0 bridgehead atoms. The van der Waals surface area contributed by atoms with E-state index in [1.807, 2.05) is 30.0 Å². The van der Waals surface area contributed by atoms with E-state index in [2.05, 4.69) is 10.1 Å². The van der Waals surface area contributed by atoms with E-state index in [9.17, 15) is 4.79 Å². The summed E-state index contributed by atoms with van der Waals surface area (Å²) < 4.78 is 7.50. The molecule has 0 atom stereocenters. The van der Waals surface area contributed by atoms with Gasteiger partial charge in [0.25, 0.3) is 5.91 Å². The van der Waals surface area contributed by atoms with Crippen LogP contribution in [0.1, 0.15) is 35.2 Å². The lowest BCUT2D eigenvalue weighted by Crippen LogP contribution is -2.41. The molecule has 1 aliphatic rings. The Bertz CT molecular complexity index is 700. The third kappa shape index (κ3) is 4.81. The van der Waals surface area contributed by atoms with Gasteiger partial charge in [-0.15, -0.1) is 12.4 Å². The normalized spacial score (nSPS) is 14.9. The van der Waals surface area contributed by atoms with Gasteiger partial charge in [0.2, 0.25) is 0 Å². The van der Waals surface area contributed by atoms with Gasteiger partial charge in [-0.25, -0.2) is 9.67 Å². The Morgan fingerprint density at radius 1 is 1.35 bits per heavy atom. The maximum absolute atomic E-state index is 12.8. The zero-order valence-corrected chi connectivity index (χ0v) is 15.8. The molecule has 7 nitrogen and oxygen atoms in total. The maximum Gasteiger partial charge on any atom is 0.253 e. The number of aryl methyl sites for hydroxylation is 1. The molecule has 26 heavy (non-hydrogen) atoms. The van der Waals surface area contributed by atoms with Crippen molar-refractivity contribution in [1.29, 1.82) is 0 Å². The fourth-order valence-electron chi connectivity index (χ4n) is 3.12. The number of benzene rings is 1. The monoisotopic (exact) mass is 379 g/mol. The summed E-state index contributed by atoms with van der Waals surface area (Å²) in [6.07, 6.45) is 6.04. The van der Waals surface area contributed by atoms with Crippen molar-refractivity contribution in [3.63, 3.8) is 0 Å². The van der Waals surface area contributed by atoms with Crippen molar-refractivity contribution in [3.05, 3.63) is 42.0 Å². The van der Waals surface area contributed by atoms with E-state index < -0.39 is 0 Å². The van der Waals surface area contributed by atoms with Crippen LogP contribution in [0, 0.1) is 6.92 Å². The molecule has 2 N–H and O–H groups in total. The zero-order valence-electron chi connectivity index (χ0n) is 15.0. The first-order chi connectivity index (χ1) is 12.2. The first kappa shape index (κ1) is 20.4. The highest BCUT2D eigenvalue weighted by Crippen LogP contribution is 2.19. The van der Waals surface area contributed by atoms with Gasteiger partial charge in [-0.2, -0.15) is 5.10 Å². The second-order valence-corrected chi connectivity index (χ2v) is 6.35. The van der Waals surface area contributed by atoms with Gasteiger partial charge in [-0.1, -0.05) is 0 Å². The van der Waals surface area contributed by atoms with Crippen molar-refractivity contribution in [2.45, 2.75) is 32.3 Å². The number of hydrogen-bond donors (Lipinski definition) is 1. The van der Waals surface area contributed by atoms with Crippen molar-refractivity contribution < 1.29 is 9.53 Å². The molecule has 142 valence electrons. The maximum atomic E-state index is 12.8. The summed E-state index contributed by atoms with van der Waals surface area (Å²) in [5.74, 6) is 0.0775. The van der Waals surface area contributed by atoms with Gasteiger partial charge in [-0.3, -0.25) is 4.79 Å². The fraction of sp³-hybridized carbons (Fsp3) is 0.500. The molecular formula is C18H26ClN5O2. The lowest BCUT2D eigenvalue weighted by Gasteiger charge is -2.32. The lowest BCUT2D eigenvalue weighted by molar-refractivity contribution is 0.00844. The van der Waals surface area contributed by atoms with Crippen LogP contribution in [0.25, 0.3) is 5.69 Å². The predicted molar refractivity (Wildman–Crippen MR) is 102 cm³/mol. The number of ether oxygens (including phenoxy) is 1. The van der Waals surface area contributed by atoms with E-state index in [0.29, 0.717) is 18.7 Å². The van der Waals surface area contributed by atoms with Gasteiger partial charge in [0.1, 0.15) is 12.7 Å². The van der Waals surface area contributed by atoms with Crippen molar-refractivity contribution >= 4 is 18.3 Å². The first-order valence-electron chi connectivity index (χ1n) is 8.75. The van der Waals surface area contributed by atoms with E-state index >= 15 is 0 Å². The van der Waals surface area contributed by atoms with Crippen molar-refractivity contribution in [2.24, 2.45) is 5.73 Å². The zero-order chi connectivity index (χ0) is 17.6. The number of aromatic nitrogens is 3. The molecule has 1 aromatic heterocycles. The van der Waals surface area contributed by atoms with Gasteiger partial charge in [0.05, 0.1) is 11.8 Å². The number of carbonyl (C=O) groups excluding carboxylic acids is 1. The minimum absolute atomic E-state index is 0. The molecule has 2 aromatic rings. The third-order valence-electron chi connectivity index (χ3n) is 4.54. The summed E-state index contributed by atoms with van der Waals surface area (Å²) in [6, 6.07) is 5.69. The average Bonchev–Trinajstić information content (AvgIpc) is 3.16. The summed E-state index contributed by atoms with van der Waals surface area (Å²) in [5.41, 5.74) is 8.12. The summed E-state index contributed by atoms with van der Waals surface area (Å²) in [6.45, 7) is 4.80. The number of hydrogen-bond acceptors (Lipinski definition) is 5. The van der Waals surface area contributed by atoms with Crippen LogP contribution in [0.3, 0.4) is 0 Å². The lowest BCUT2D eigenvalue weighted by atomic mass is 10.0. The van der Waals surface area contributed by atoms with E-state index in [1.54, 1.807) is 11.0 Å². The van der Waals surface area contributed by atoms with Gasteiger partial charge < -0.3 is 15.4 Å². The number of piperidine rings is 1. The van der Waals surface area contributed by atoms with Crippen molar-refractivity contribution in [1.82, 2.24) is 19.7 Å². The number of halogens is 1. The highest BCUT2D eigenvalue weighted by Gasteiger charge is 2.24. The van der Waals surface area contributed by atoms with Gasteiger partial charge in [0.15, 0.2) is 0 Å². The van der Waals surface area contributed by atoms with Crippen LogP contribution in [0.15, 0.2) is 30.9 Å². The quantitative estimate of drug-likeness (QED) is 0.775. The van der Waals surface area contributed by atoms with Gasteiger partial charge in [-0.05, 0) is 56.5 Å². The number of rotatable bonds is 6. The molecule has 1 aromatic carbocycles. The van der Waals surface area contributed by atoms with Crippen LogP contribution >= 0.6 is 12.4 Å². The molecule has 1 aliphatic heterocycles. The number of nitrogens with zero attached hydrogens (tertiary/aromatic N) is 4. The SMILES string of the molecule is Cc1cc(C(=O)N2CCC(OCCCN)CC2)ccc1-n1cncn1.Cl. The Kier molecular flexibility index (Phi) is 7.56. The fourth-order valence-corrected chi connectivity index (χ4v) is 3.12. The number of carbonyl (C=O) groups is 1. The largest absolute Gasteiger partial charge is 0.378 e. The highest BCUT2D eigenvalue weighted by atomic mass is 35.5. The summed E-state index contributed by atoms with van der Waals surface area (Å²) >= 11 is 0. The van der Waals surface area contributed by atoms with Gasteiger partial charge in [0, 0.05) is 25.3 Å². The standard InChI is InChI=1S/C18H25N5O2.ClH/c1-14-11-15(3-4-17(14)23-13-20-12-21-23)18(24)22-8-5-16(6-9-22)25-10-2-7-19;/h3-4,11-13,16H,2,5-10,19H2,1H3;1H. The summed E-state index contributed by atoms with van der Waals surface area (Å²) in [7, 11) is 0. The van der Waals surface area contributed by atoms with Crippen LogP contribution in [-0.4, -0.2) is 57.9 Å². The predicted octanol–water partition coefficient (Wildman–Crippen LogP) is 1.97. The Hall–Kier alpha value is -1.96. The number of nitrogens with two attached hydrogens (primary N) is 1. The van der Waals surface area contributed by atoms with Crippen LogP contribution in [0.2, 0.25) is 0 Å². The van der Waals surface area contributed by atoms with Crippen LogP contribution < -0.4 is 5.73 Å². The molecule has 1 fully saturated rings. The molecule has 0 unspecified atom stereocenters. The molecule has 1 amide bonds. The number of likely N-dealkylation sites (tertiary alicyclic amines) is 1. The summed E-state index contributed by atoms with van der Waals surface area (Å²) in [5, 5.41) is 4.14. The molecule has 0 radical (unpaired) electrons. The second kappa shape index (κ2) is 9.66. The van der Waals surface area contributed by atoms with E-state index in [1.165, 1.54) is 6.33 Å². The van der Waals surface area contributed by atoms with E-state index in [4.69, 9.17) is 10.5 Å².